The van der Waals surface area contributed by atoms with Crippen LogP contribution in [0.2, 0.25) is 5.02 Å². The Bertz CT molecular complexity index is 912. The molecule has 0 heterocycles. The van der Waals surface area contributed by atoms with E-state index >= 15 is 0 Å². The minimum absolute atomic E-state index is 0.118. The largest absolute Gasteiger partial charge is 0.240 e. The minimum atomic E-state index is -3.50. The monoisotopic (exact) mass is 375 g/mol. The third-order valence-corrected chi connectivity index (χ3v) is 8.41. The van der Waals surface area contributed by atoms with Gasteiger partial charge >= 0.3 is 0 Å². The molecule has 2 aromatic rings. The molecule has 0 spiro atoms. The molecule has 0 radical (unpaired) electrons. The second-order valence-electron chi connectivity index (χ2n) is 8.20. The molecule has 4 fully saturated rings. The van der Waals surface area contributed by atoms with Gasteiger partial charge in [-0.15, -0.1) is 0 Å². The van der Waals surface area contributed by atoms with Crippen molar-refractivity contribution in [3.8, 4) is 0 Å². The van der Waals surface area contributed by atoms with Gasteiger partial charge in [0.05, 0.1) is 4.90 Å². The third kappa shape index (κ3) is 2.70. The van der Waals surface area contributed by atoms with E-state index in [-0.39, 0.29) is 6.04 Å². The van der Waals surface area contributed by atoms with E-state index in [1.807, 2.05) is 24.3 Å². The van der Waals surface area contributed by atoms with Crippen molar-refractivity contribution in [3.63, 3.8) is 0 Å². The van der Waals surface area contributed by atoms with Gasteiger partial charge < -0.3 is 0 Å². The number of nitrogens with one attached hydrogen (secondary N) is 1. The highest BCUT2D eigenvalue weighted by atomic mass is 35.5. The number of hydrogen-bond donors (Lipinski definition) is 1. The van der Waals surface area contributed by atoms with Crippen LogP contribution in [0, 0.1) is 23.7 Å². The first-order chi connectivity index (χ1) is 12.0. The van der Waals surface area contributed by atoms with E-state index in [2.05, 4.69) is 4.72 Å². The molecule has 4 aliphatic carbocycles. The van der Waals surface area contributed by atoms with Gasteiger partial charge in [-0.2, -0.15) is 0 Å². The first-order valence-electron chi connectivity index (χ1n) is 9.20. The van der Waals surface area contributed by atoms with Crippen LogP contribution in [0.4, 0.5) is 0 Å². The number of sulfonamides is 1. The Morgan fingerprint density at radius 3 is 2.28 bits per heavy atom. The van der Waals surface area contributed by atoms with Gasteiger partial charge in [-0.25, -0.2) is 13.1 Å². The molecular weight excluding hydrogens is 354 g/mol. The number of fused-ring (bicyclic) bond motifs is 1. The van der Waals surface area contributed by atoms with Crippen molar-refractivity contribution in [2.24, 2.45) is 23.7 Å². The van der Waals surface area contributed by atoms with Gasteiger partial charge in [0.15, 0.2) is 0 Å². The lowest BCUT2D eigenvalue weighted by molar-refractivity contribution is -0.00557. The van der Waals surface area contributed by atoms with E-state index in [4.69, 9.17) is 11.6 Å². The zero-order valence-corrected chi connectivity index (χ0v) is 15.6. The van der Waals surface area contributed by atoms with Crippen LogP contribution in [0.3, 0.4) is 0 Å². The molecule has 0 saturated heterocycles. The summed E-state index contributed by atoms with van der Waals surface area (Å²) in [7, 11) is -3.50. The molecule has 1 N–H and O–H groups in total. The molecule has 0 unspecified atom stereocenters. The first-order valence-corrected chi connectivity index (χ1v) is 11.1. The van der Waals surface area contributed by atoms with Crippen molar-refractivity contribution in [2.75, 3.05) is 0 Å². The maximum atomic E-state index is 13.0. The number of halogens is 1. The zero-order valence-electron chi connectivity index (χ0n) is 14.0. The summed E-state index contributed by atoms with van der Waals surface area (Å²) < 4.78 is 29.1. The van der Waals surface area contributed by atoms with Crippen molar-refractivity contribution in [1.29, 1.82) is 0 Å². The van der Waals surface area contributed by atoms with Gasteiger partial charge in [-0.1, -0.05) is 29.8 Å². The molecular formula is C20H22ClNO2S. The Morgan fingerprint density at radius 2 is 1.60 bits per heavy atom. The summed E-state index contributed by atoms with van der Waals surface area (Å²) in [4.78, 5) is 0.344. The fourth-order valence-corrected chi connectivity index (χ4v) is 7.41. The molecule has 4 aliphatic rings. The highest BCUT2D eigenvalue weighted by Crippen LogP contribution is 2.53. The number of benzene rings is 2. The van der Waals surface area contributed by atoms with Crippen LogP contribution in [-0.4, -0.2) is 14.5 Å². The normalized spacial score (nSPS) is 33.9. The molecule has 0 atom stereocenters. The quantitative estimate of drug-likeness (QED) is 0.852. The summed E-state index contributed by atoms with van der Waals surface area (Å²) in [5.41, 5.74) is 0. The lowest BCUT2D eigenvalue weighted by Gasteiger charge is -2.54. The lowest BCUT2D eigenvalue weighted by Crippen LogP contribution is -2.55. The van der Waals surface area contributed by atoms with Crippen molar-refractivity contribution in [1.82, 2.24) is 4.72 Å². The SMILES string of the molecule is O=S(=O)(NC1C2CC3CC(C2)CC1C3)c1ccc2c(Cl)cccc2c1. The molecule has 4 saturated carbocycles. The first kappa shape index (κ1) is 16.1. The smallest absolute Gasteiger partial charge is 0.208 e. The maximum Gasteiger partial charge on any atom is 0.240 e. The third-order valence-electron chi connectivity index (χ3n) is 6.63. The van der Waals surface area contributed by atoms with Gasteiger partial charge in [0.1, 0.15) is 0 Å². The molecule has 25 heavy (non-hydrogen) atoms. The van der Waals surface area contributed by atoms with E-state index in [0.29, 0.717) is 21.8 Å². The van der Waals surface area contributed by atoms with Crippen LogP contribution in [0.1, 0.15) is 32.1 Å². The molecule has 0 aromatic heterocycles. The van der Waals surface area contributed by atoms with E-state index in [1.165, 1.54) is 32.1 Å². The van der Waals surface area contributed by atoms with Crippen LogP contribution in [-0.2, 0) is 10.0 Å². The zero-order chi connectivity index (χ0) is 17.2. The highest BCUT2D eigenvalue weighted by molar-refractivity contribution is 7.89. The van der Waals surface area contributed by atoms with Gasteiger partial charge in [-0.05, 0) is 79.4 Å². The van der Waals surface area contributed by atoms with Gasteiger partial charge in [-0.3, -0.25) is 0 Å². The summed E-state index contributed by atoms with van der Waals surface area (Å²) in [5.74, 6) is 2.74. The standard InChI is InChI=1S/C20H22ClNO2S/c21-19-3-1-2-14-11-17(4-5-18(14)19)25(23,24)22-20-15-7-12-6-13(9-15)10-16(20)8-12/h1-5,11-13,15-16,20,22H,6-10H2. The fraction of sp³-hybridized carbons (Fsp3) is 0.500. The Kier molecular flexibility index (Phi) is 3.67. The van der Waals surface area contributed by atoms with E-state index in [0.717, 1.165) is 22.6 Å². The van der Waals surface area contributed by atoms with Crippen LogP contribution < -0.4 is 4.72 Å². The van der Waals surface area contributed by atoms with Crippen molar-refractivity contribution < 1.29 is 8.42 Å². The maximum absolute atomic E-state index is 13.0. The predicted octanol–water partition coefficient (Wildman–Crippen LogP) is 4.60. The van der Waals surface area contributed by atoms with Crippen LogP contribution in [0.5, 0.6) is 0 Å². The average molecular weight is 376 g/mol. The number of hydrogen-bond acceptors (Lipinski definition) is 2. The summed E-state index contributed by atoms with van der Waals surface area (Å²) in [6.07, 6.45) is 6.18. The van der Waals surface area contributed by atoms with Crippen molar-refractivity contribution in [2.45, 2.75) is 43.0 Å². The Balaban J connectivity index is 1.45. The van der Waals surface area contributed by atoms with E-state index in [9.17, 15) is 8.42 Å². The predicted molar refractivity (Wildman–Crippen MR) is 100 cm³/mol. The topological polar surface area (TPSA) is 46.2 Å². The second kappa shape index (κ2) is 5.70. The molecule has 0 amide bonds. The molecule has 6 rings (SSSR count). The van der Waals surface area contributed by atoms with Gasteiger partial charge in [0.2, 0.25) is 10.0 Å². The summed E-state index contributed by atoms with van der Waals surface area (Å²) >= 11 is 6.20. The van der Waals surface area contributed by atoms with E-state index < -0.39 is 10.0 Å². The van der Waals surface area contributed by atoms with Gasteiger partial charge in [0.25, 0.3) is 0 Å². The molecule has 3 nitrogen and oxygen atoms in total. The molecule has 5 heteroatoms. The molecule has 4 bridgehead atoms. The van der Waals surface area contributed by atoms with Crippen molar-refractivity contribution in [3.05, 3.63) is 41.4 Å². The minimum Gasteiger partial charge on any atom is -0.208 e. The van der Waals surface area contributed by atoms with Crippen LogP contribution in [0.15, 0.2) is 41.3 Å². The molecule has 0 aliphatic heterocycles. The number of rotatable bonds is 3. The second-order valence-corrected chi connectivity index (χ2v) is 10.3. The summed E-state index contributed by atoms with van der Waals surface area (Å²) in [5, 5.41) is 2.40. The van der Waals surface area contributed by atoms with Crippen LogP contribution >= 0.6 is 11.6 Å². The molecule has 2 aromatic carbocycles. The lowest BCUT2D eigenvalue weighted by atomic mass is 9.54. The fourth-order valence-electron chi connectivity index (χ4n) is 5.75. The van der Waals surface area contributed by atoms with Crippen molar-refractivity contribution >= 4 is 32.4 Å². The Hall–Kier alpha value is -1.10. The average Bonchev–Trinajstić information content (AvgIpc) is 2.57. The van der Waals surface area contributed by atoms with Crippen LogP contribution in [0.25, 0.3) is 10.8 Å². The summed E-state index contributed by atoms with van der Waals surface area (Å²) in [6.45, 7) is 0. The van der Waals surface area contributed by atoms with Gasteiger partial charge in [0, 0.05) is 16.5 Å². The Labute approximate surface area is 153 Å². The Morgan fingerprint density at radius 1 is 0.920 bits per heavy atom. The summed E-state index contributed by atoms with van der Waals surface area (Å²) in [6, 6.07) is 10.9. The highest BCUT2D eigenvalue weighted by Gasteiger charge is 2.49. The molecule has 132 valence electrons. The van der Waals surface area contributed by atoms with E-state index in [1.54, 1.807) is 12.1 Å².